The zero-order valence-electron chi connectivity index (χ0n) is 18.5. The number of nitriles is 1. The fraction of sp³-hybridized carbons (Fsp3) is 0.115. The first-order valence-electron chi connectivity index (χ1n) is 10.2. The van der Waals surface area contributed by atoms with Gasteiger partial charge in [-0.1, -0.05) is 41.4 Å². The van der Waals surface area contributed by atoms with E-state index in [1.807, 2.05) is 38.1 Å². The highest BCUT2D eigenvalue weighted by molar-refractivity contribution is 9.10. The topological polar surface area (TPSA) is 91.2 Å². The fourth-order valence-corrected chi connectivity index (χ4v) is 3.58. The van der Waals surface area contributed by atoms with E-state index in [1.165, 1.54) is 6.08 Å². The average molecular weight is 539 g/mol. The van der Waals surface area contributed by atoms with Gasteiger partial charge in [-0.25, -0.2) is 0 Å². The molecule has 3 aromatic carbocycles. The van der Waals surface area contributed by atoms with Crippen molar-refractivity contribution in [1.82, 2.24) is 0 Å². The highest BCUT2D eigenvalue weighted by atomic mass is 79.9. The van der Waals surface area contributed by atoms with Crippen molar-refractivity contribution in [3.05, 3.63) is 92.4 Å². The number of nitrogens with one attached hydrogen (secondary N) is 2. The molecule has 6 nitrogen and oxygen atoms in total. The molecule has 0 aromatic heterocycles. The van der Waals surface area contributed by atoms with E-state index < -0.39 is 5.91 Å². The van der Waals surface area contributed by atoms with Gasteiger partial charge >= 0.3 is 0 Å². The van der Waals surface area contributed by atoms with Crippen molar-refractivity contribution in [3.63, 3.8) is 0 Å². The van der Waals surface area contributed by atoms with Gasteiger partial charge in [0.25, 0.3) is 11.8 Å². The summed E-state index contributed by atoms with van der Waals surface area (Å²) in [6.07, 6.45) is 1.48. The summed E-state index contributed by atoms with van der Waals surface area (Å²) >= 11 is 9.48. The summed E-state index contributed by atoms with van der Waals surface area (Å²) in [5, 5.41) is 15.4. The number of aryl methyl sites for hydroxylation is 2. The third-order valence-electron chi connectivity index (χ3n) is 4.76. The predicted molar refractivity (Wildman–Crippen MR) is 138 cm³/mol. The molecule has 0 bridgehead atoms. The second-order valence-corrected chi connectivity index (χ2v) is 8.74. The quantitative estimate of drug-likeness (QED) is 0.273. The molecule has 0 radical (unpaired) electrons. The molecule has 8 heteroatoms. The van der Waals surface area contributed by atoms with E-state index in [4.69, 9.17) is 16.3 Å². The summed E-state index contributed by atoms with van der Waals surface area (Å²) in [7, 11) is 0. The third-order valence-corrected chi connectivity index (χ3v) is 5.78. The number of benzene rings is 3. The Morgan fingerprint density at radius 2 is 1.74 bits per heavy atom. The monoisotopic (exact) mass is 537 g/mol. The lowest BCUT2D eigenvalue weighted by Crippen LogP contribution is -2.20. The molecule has 0 saturated heterocycles. The van der Waals surface area contributed by atoms with Gasteiger partial charge < -0.3 is 15.4 Å². The summed E-state index contributed by atoms with van der Waals surface area (Å²) in [6.45, 7) is 3.62. The number of hydrogen-bond donors (Lipinski definition) is 2. The smallest absolute Gasteiger partial charge is 0.266 e. The average Bonchev–Trinajstić information content (AvgIpc) is 2.80. The summed E-state index contributed by atoms with van der Waals surface area (Å²) in [4.78, 5) is 24.7. The van der Waals surface area contributed by atoms with Crippen LogP contribution < -0.4 is 15.4 Å². The van der Waals surface area contributed by atoms with Crippen LogP contribution in [0.2, 0.25) is 5.02 Å². The van der Waals surface area contributed by atoms with Gasteiger partial charge in [-0.15, -0.1) is 0 Å². The second kappa shape index (κ2) is 11.5. The first-order valence-corrected chi connectivity index (χ1v) is 11.4. The summed E-state index contributed by atoms with van der Waals surface area (Å²) in [5.74, 6) is -0.400. The Morgan fingerprint density at radius 1 is 1.03 bits per heavy atom. The van der Waals surface area contributed by atoms with Crippen molar-refractivity contribution in [2.75, 3.05) is 17.2 Å². The molecule has 2 amide bonds. The van der Waals surface area contributed by atoms with Gasteiger partial charge in [-0.3, -0.25) is 9.59 Å². The Bertz CT molecular complexity index is 1300. The van der Waals surface area contributed by atoms with Crippen molar-refractivity contribution in [2.45, 2.75) is 13.8 Å². The number of carbonyl (C=O) groups excluding carboxylic acids is 2. The maximum absolute atomic E-state index is 12.5. The Kier molecular flexibility index (Phi) is 8.47. The largest absolute Gasteiger partial charge is 0.483 e. The molecule has 34 heavy (non-hydrogen) atoms. The molecule has 0 spiro atoms. The van der Waals surface area contributed by atoms with Crippen LogP contribution in [0.15, 0.2) is 70.7 Å². The van der Waals surface area contributed by atoms with Crippen LogP contribution in [0, 0.1) is 25.2 Å². The second-order valence-electron chi connectivity index (χ2n) is 7.48. The number of ether oxygens (including phenoxy) is 1. The van der Waals surface area contributed by atoms with Crippen LogP contribution in [0.3, 0.4) is 0 Å². The summed E-state index contributed by atoms with van der Waals surface area (Å²) in [5.41, 5.74) is 3.75. The maximum atomic E-state index is 12.5. The van der Waals surface area contributed by atoms with E-state index in [0.717, 1.165) is 11.1 Å². The van der Waals surface area contributed by atoms with Crippen LogP contribution in [0.1, 0.15) is 16.7 Å². The highest BCUT2D eigenvalue weighted by Crippen LogP contribution is 2.27. The molecule has 0 heterocycles. The number of anilines is 2. The number of nitrogens with zero attached hydrogens (tertiary/aromatic N) is 1. The van der Waals surface area contributed by atoms with Gasteiger partial charge in [0.1, 0.15) is 17.4 Å². The van der Waals surface area contributed by atoms with Gasteiger partial charge in [-0.05, 0) is 83.4 Å². The molecule has 0 aliphatic carbocycles. The van der Waals surface area contributed by atoms with Crippen molar-refractivity contribution in [2.24, 2.45) is 0 Å². The molecule has 3 aromatic rings. The fourth-order valence-electron chi connectivity index (χ4n) is 2.89. The molecule has 0 aliphatic heterocycles. The number of hydrogen-bond acceptors (Lipinski definition) is 4. The minimum absolute atomic E-state index is 0.0442. The first-order chi connectivity index (χ1) is 16.2. The Hall–Kier alpha value is -3.60. The molecule has 2 N–H and O–H groups in total. The van der Waals surface area contributed by atoms with Gasteiger partial charge in [0.05, 0.1) is 4.47 Å². The van der Waals surface area contributed by atoms with Crippen LogP contribution in [0.4, 0.5) is 11.4 Å². The van der Waals surface area contributed by atoms with Crippen molar-refractivity contribution >= 4 is 56.8 Å². The number of amides is 2. The minimum Gasteiger partial charge on any atom is -0.483 e. The minimum atomic E-state index is -0.504. The number of halogens is 2. The molecular weight excluding hydrogens is 518 g/mol. The number of rotatable bonds is 7. The Labute approximate surface area is 211 Å². The van der Waals surface area contributed by atoms with E-state index in [9.17, 15) is 14.9 Å². The standard InChI is InChI=1S/C26H21BrClN3O3/c1-16-3-7-20(8-4-16)31-26(33)19(14-29)11-18-6-10-24(22(27)12-18)34-15-25(32)30-21-9-5-17(2)23(28)13-21/h3-13H,15H2,1-2H3,(H,30,32)(H,31,33)/b19-11-. The molecule has 0 atom stereocenters. The van der Waals surface area contributed by atoms with Gasteiger partial charge in [0.15, 0.2) is 6.61 Å². The zero-order valence-corrected chi connectivity index (χ0v) is 20.8. The zero-order chi connectivity index (χ0) is 24.7. The van der Waals surface area contributed by atoms with Crippen LogP contribution in [-0.4, -0.2) is 18.4 Å². The van der Waals surface area contributed by atoms with E-state index in [2.05, 4.69) is 26.6 Å². The van der Waals surface area contributed by atoms with Crippen molar-refractivity contribution in [3.8, 4) is 11.8 Å². The molecule has 0 fully saturated rings. The predicted octanol–water partition coefficient (Wildman–Crippen LogP) is 6.28. The lowest BCUT2D eigenvalue weighted by molar-refractivity contribution is -0.118. The van der Waals surface area contributed by atoms with Crippen LogP contribution in [-0.2, 0) is 9.59 Å². The van der Waals surface area contributed by atoms with Crippen molar-refractivity contribution < 1.29 is 14.3 Å². The normalized spacial score (nSPS) is 10.9. The highest BCUT2D eigenvalue weighted by Gasteiger charge is 2.11. The Morgan fingerprint density at radius 3 is 2.38 bits per heavy atom. The van der Waals surface area contributed by atoms with E-state index in [1.54, 1.807) is 42.5 Å². The van der Waals surface area contributed by atoms with Gasteiger partial charge in [0, 0.05) is 16.4 Å². The summed E-state index contributed by atoms with van der Waals surface area (Å²) < 4.78 is 6.16. The summed E-state index contributed by atoms with van der Waals surface area (Å²) in [6, 6.07) is 19.5. The van der Waals surface area contributed by atoms with E-state index >= 15 is 0 Å². The lowest BCUT2D eigenvalue weighted by Gasteiger charge is -2.10. The third kappa shape index (κ3) is 6.95. The SMILES string of the molecule is Cc1ccc(NC(=O)/C(C#N)=C\c2ccc(OCC(=O)Nc3ccc(C)c(Cl)c3)c(Br)c2)cc1. The number of carbonyl (C=O) groups is 2. The van der Waals surface area contributed by atoms with Gasteiger partial charge in [-0.2, -0.15) is 5.26 Å². The molecular formula is C26H21BrClN3O3. The van der Waals surface area contributed by atoms with Gasteiger partial charge in [0.2, 0.25) is 0 Å². The van der Waals surface area contributed by atoms with Crippen LogP contribution in [0.5, 0.6) is 5.75 Å². The van der Waals surface area contributed by atoms with Crippen molar-refractivity contribution in [1.29, 1.82) is 5.26 Å². The molecule has 0 saturated carbocycles. The molecule has 172 valence electrons. The van der Waals surface area contributed by atoms with Crippen LogP contribution >= 0.6 is 27.5 Å². The lowest BCUT2D eigenvalue weighted by atomic mass is 10.1. The molecule has 0 unspecified atom stereocenters. The Balaban J connectivity index is 1.62. The molecule has 0 aliphatic rings. The van der Waals surface area contributed by atoms with E-state index in [-0.39, 0.29) is 18.1 Å². The maximum Gasteiger partial charge on any atom is 0.266 e. The first kappa shape index (κ1) is 25.0. The van der Waals surface area contributed by atoms with E-state index in [0.29, 0.717) is 32.2 Å². The van der Waals surface area contributed by atoms with Crippen LogP contribution in [0.25, 0.3) is 6.08 Å². The molecule has 3 rings (SSSR count).